The molecule has 1 N–H and O–H groups in total. The van der Waals surface area contributed by atoms with Crippen LogP contribution >= 0.6 is 0 Å². The van der Waals surface area contributed by atoms with Crippen molar-refractivity contribution in [1.82, 2.24) is 14.7 Å². The fraction of sp³-hybridized carbons (Fsp3) is 0.900. The van der Waals surface area contributed by atoms with E-state index in [2.05, 4.69) is 11.8 Å². The molecule has 2 saturated carbocycles. The van der Waals surface area contributed by atoms with Crippen LogP contribution in [0.2, 0.25) is 0 Å². The molecule has 2 aliphatic heterocycles. The number of alkyl halides is 3. The number of carbonyl (C=O) groups is 2. The summed E-state index contributed by atoms with van der Waals surface area (Å²) >= 11 is 0. The molecule has 4 aliphatic rings. The van der Waals surface area contributed by atoms with E-state index in [4.69, 9.17) is 0 Å². The van der Waals surface area contributed by atoms with E-state index >= 15 is 0 Å². The van der Waals surface area contributed by atoms with Gasteiger partial charge in [-0.05, 0) is 49.9 Å². The zero-order valence-corrected chi connectivity index (χ0v) is 16.8. The molecule has 4 fully saturated rings. The average Bonchev–Trinajstić information content (AvgIpc) is 3.36. The summed E-state index contributed by atoms with van der Waals surface area (Å²) in [5.74, 6) is -1.24. The molecule has 3 atom stereocenters. The molecule has 9 heteroatoms. The van der Waals surface area contributed by atoms with Gasteiger partial charge >= 0.3 is 18.2 Å². The Hall–Kier alpha value is -1.51. The second kappa shape index (κ2) is 7.32. The van der Waals surface area contributed by atoms with E-state index in [0.717, 1.165) is 24.2 Å². The second-order valence-electron chi connectivity index (χ2n) is 9.31. The van der Waals surface area contributed by atoms with Gasteiger partial charge in [0.15, 0.2) is 0 Å². The molecule has 0 aromatic carbocycles. The molecule has 0 aromatic heterocycles. The number of piperidine rings is 1. The van der Waals surface area contributed by atoms with Crippen LogP contribution in [-0.2, 0) is 4.79 Å². The van der Waals surface area contributed by atoms with Crippen molar-refractivity contribution in [2.45, 2.75) is 76.2 Å². The van der Waals surface area contributed by atoms with Gasteiger partial charge in [0.2, 0.25) is 0 Å². The fourth-order valence-corrected chi connectivity index (χ4v) is 6.20. The number of halogens is 3. The first-order valence-electron chi connectivity index (χ1n) is 10.8. The van der Waals surface area contributed by atoms with Gasteiger partial charge in [0.1, 0.15) is 0 Å². The van der Waals surface area contributed by atoms with Crippen molar-refractivity contribution in [3.63, 3.8) is 0 Å². The summed E-state index contributed by atoms with van der Waals surface area (Å²) < 4.78 is 39.1. The third-order valence-corrected chi connectivity index (χ3v) is 7.74. The first kappa shape index (κ1) is 20.8. The predicted molar refractivity (Wildman–Crippen MR) is 99.4 cm³/mol. The van der Waals surface area contributed by atoms with Gasteiger partial charge in [-0.1, -0.05) is 13.3 Å². The molecule has 0 bridgehead atoms. The zero-order valence-electron chi connectivity index (χ0n) is 16.8. The highest BCUT2D eigenvalue weighted by Crippen LogP contribution is 2.56. The number of carboxylic acid groups (broad SMARTS) is 1. The number of rotatable bonds is 4. The summed E-state index contributed by atoms with van der Waals surface area (Å²) in [7, 11) is 0. The maximum atomic E-state index is 13.0. The largest absolute Gasteiger partial charge is 0.471 e. The van der Waals surface area contributed by atoms with Crippen molar-refractivity contribution in [2.24, 2.45) is 11.3 Å². The van der Waals surface area contributed by atoms with E-state index in [1.807, 2.05) is 0 Å². The summed E-state index contributed by atoms with van der Waals surface area (Å²) in [5, 5.41) is 9.27. The van der Waals surface area contributed by atoms with E-state index < -0.39 is 18.2 Å². The Morgan fingerprint density at radius 1 is 1.10 bits per heavy atom. The van der Waals surface area contributed by atoms with Crippen molar-refractivity contribution in [2.75, 3.05) is 26.2 Å². The SMILES string of the molecule is CCC1C(N2CCC(N(C(=O)C(F)(F)F)C3CC3)CC2)CC12CCN(C(=O)O)C2. The van der Waals surface area contributed by atoms with Crippen LogP contribution in [-0.4, -0.2) is 82.3 Å². The highest BCUT2D eigenvalue weighted by molar-refractivity contribution is 5.82. The van der Waals surface area contributed by atoms with Crippen LogP contribution < -0.4 is 0 Å². The smallest absolute Gasteiger partial charge is 0.465 e. The van der Waals surface area contributed by atoms with Crippen molar-refractivity contribution in [1.29, 1.82) is 0 Å². The Labute approximate surface area is 169 Å². The van der Waals surface area contributed by atoms with Gasteiger partial charge in [0.05, 0.1) is 0 Å². The molecule has 29 heavy (non-hydrogen) atoms. The summed E-state index contributed by atoms with van der Waals surface area (Å²) in [6.45, 7) is 4.75. The molecule has 2 amide bonds. The monoisotopic (exact) mass is 417 g/mol. The first-order valence-corrected chi connectivity index (χ1v) is 10.8. The average molecular weight is 417 g/mol. The van der Waals surface area contributed by atoms with E-state index in [-0.39, 0.29) is 17.5 Å². The molecule has 0 aromatic rings. The van der Waals surface area contributed by atoms with Crippen molar-refractivity contribution < 1.29 is 27.9 Å². The van der Waals surface area contributed by atoms with Crippen LogP contribution in [0.25, 0.3) is 0 Å². The summed E-state index contributed by atoms with van der Waals surface area (Å²) in [6.07, 6.45) is -0.288. The third kappa shape index (κ3) is 3.70. The molecule has 4 rings (SSSR count). The molecular formula is C20H30F3N3O3. The molecule has 1 spiro atoms. The topological polar surface area (TPSA) is 64.1 Å². The van der Waals surface area contributed by atoms with Crippen LogP contribution in [0.3, 0.4) is 0 Å². The quantitative estimate of drug-likeness (QED) is 0.763. The normalized spacial score (nSPS) is 33.7. The minimum Gasteiger partial charge on any atom is -0.465 e. The molecular weight excluding hydrogens is 387 g/mol. The second-order valence-corrected chi connectivity index (χ2v) is 9.31. The Morgan fingerprint density at radius 3 is 2.21 bits per heavy atom. The highest BCUT2D eigenvalue weighted by Gasteiger charge is 2.58. The third-order valence-electron chi connectivity index (χ3n) is 7.74. The van der Waals surface area contributed by atoms with Gasteiger partial charge in [-0.15, -0.1) is 0 Å². The highest BCUT2D eigenvalue weighted by atomic mass is 19.4. The molecule has 3 unspecified atom stereocenters. The fourth-order valence-electron chi connectivity index (χ4n) is 6.20. The van der Waals surface area contributed by atoms with Crippen LogP contribution in [0, 0.1) is 11.3 Å². The van der Waals surface area contributed by atoms with E-state index in [1.54, 1.807) is 0 Å². The lowest BCUT2D eigenvalue weighted by Crippen LogP contribution is -2.62. The van der Waals surface area contributed by atoms with Crippen LogP contribution in [0.5, 0.6) is 0 Å². The summed E-state index contributed by atoms with van der Waals surface area (Å²) in [5.41, 5.74) is 0.0704. The first-order chi connectivity index (χ1) is 13.7. The van der Waals surface area contributed by atoms with Gasteiger partial charge in [0.25, 0.3) is 0 Å². The maximum absolute atomic E-state index is 13.0. The zero-order chi connectivity index (χ0) is 21.0. The lowest BCUT2D eigenvalue weighted by Gasteiger charge is -2.58. The van der Waals surface area contributed by atoms with Gasteiger partial charge in [-0.3, -0.25) is 9.69 Å². The lowest BCUT2D eigenvalue weighted by atomic mass is 9.54. The molecule has 6 nitrogen and oxygen atoms in total. The minimum absolute atomic E-state index is 0.0704. The molecule has 2 aliphatic carbocycles. The molecule has 0 radical (unpaired) electrons. The Kier molecular flexibility index (Phi) is 5.24. The number of likely N-dealkylation sites (tertiary alicyclic amines) is 2. The van der Waals surface area contributed by atoms with Gasteiger partial charge in [-0.2, -0.15) is 13.2 Å². The van der Waals surface area contributed by atoms with Crippen LogP contribution in [0.15, 0.2) is 0 Å². The van der Waals surface area contributed by atoms with E-state index in [0.29, 0.717) is 63.8 Å². The Balaban J connectivity index is 1.35. The molecule has 2 saturated heterocycles. The Morgan fingerprint density at radius 2 is 1.72 bits per heavy atom. The van der Waals surface area contributed by atoms with Crippen molar-refractivity contribution >= 4 is 12.0 Å². The predicted octanol–water partition coefficient (Wildman–Crippen LogP) is 3.17. The number of hydrogen-bond acceptors (Lipinski definition) is 3. The van der Waals surface area contributed by atoms with Gasteiger partial charge in [-0.25, -0.2) is 4.79 Å². The summed E-state index contributed by atoms with van der Waals surface area (Å²) in [4.78, 5) is 28.2. The number of carbonyl (C=O) groups excluding carboxylic acids is 1. The standard InChI is InChI=1S/C20H30F3N3O3/c1-2-15-16(11-19(15)7-10-25(12-19)18(28)29)24-8-5-14(6-9-24)26(13-3-4-13)17(27)20(21,22)23/h13-16H,2-12H2,1H3,(H,28,29). The maximum Gasteiger partial charge on any atom is 0.471 e. The molecule has 2 heterocycles. The van der Waals surface area contributed by atoms with Crippen LogP contribution in [0.1, 0.15) is 51.9 Å². The van der Waals surface area contributed by atoms with E-state index in [1.165, 1.54) is 4.90 Å². The minimum atomic E-state index is -4.80. The lowest BCUT2D eigenvalue weighted by molar-refractivity contribution is -0.190. The van der Waals surface area contributed by atoms with Crippen molar-refractivity contribution in [3.8, 4) is 0 Å². The van der Waals surface area contributed by atoms with Crippen molar-refractivity contribution in [3.05, 3.63) is 0 Å². The Bertz CT molecular complexity index is 661. The van der Waals surface area contributed by atoms with Crippen LogP contribution in [0.4, 0.5) is 18.0 Å². The summed E-state index contributed by atoms with van der Waals surface area (Å²) in [6, 6.07) is -0.185. The number of nitrogens with zero attached hydrogens (tertiary/aromatic N) is 3. The molecule has 164 valence electrons. The van der Waals surface area contributed by atoms with Gasteiger partial charge < -0.3 is 14.9 Å². The van der Waals surface area contributed by atoms with Gasteiger partial charge in [0, 0.05) is 44.3 Å². The number of hydrogen-bond donors (Lipinski definition) is 1. The number of amides is 2. The van der Waals surface area contributed by atoms with E-state index in [9.17, 15) is 27.9 Å².